The van der Waals surface area contributed by atoms with Crippen molar-refractivity contribution in [3.05, 3.63) is 0 Å². The summed E-state index contributed by atoms with van der Waals surface area (Å²) in [7, 11) is -3.27. The van der Waals surface area contributed by atoms with E-state index in [1.54, 1.807) is 0 Å². The first-order valence-electron chi connectivity index (χ1n) is 9.10. The highest BCUT2D eigenvalue weighted by Gasteiger charge is 2.51. The van der Waals surface area contributed by atoms with Gasteiger partial charge < -0.3 is 10.2 Å². The number of imide groups is 1. The molecule has 1 N–H and O–H groups in total. The van der Waals surface area contributed by atoms with E-state index in [4.69, 9.17) is 0 Å². The number of urea groups is 1. The Hall–Kier alpha value is -1.68. The number of piperazine rings is 1. The molecule has 0 atom stereocenters. The highest BCUT2D eigenvalue weighted by molar-refractivity contribution is 7.88. The van der Waals surface area contributed by atoms with Gasteiger partial charge in [0.25, 0.3) is 5.91 Å². The van der Waals surface area contributed by atoms with Gasteiger partial charge in [-0.15, -0.1) is 0 Å². The van der Waals surface area contributed by atoms with Crippen molar-refractivity contribution in [2.75, 3.05) is 39.0 Å². The summed E-state index contributed by atoms with van der Waals surface area (Å²) in [5.74, 6) is -0.625. The molecule has 0 aromatic rings. The summed E-state index contributed by atoms with van der Waals surface area (Å²) in [6.07, 6.45) is 6.26. The second-order valence-electron chi connectivity index (χ2n) is 7.36. The fourth-order valence-corrected chi connectivity index (χ4v) is 4.82. The van der Waals surface area contributed by atoms with Crippen molar-refractivity contribution >= 4 is 27.9 Å². The van der Waals surface area contributed by atoms with Crippen LogP contribution in [0.3, 0.4) is 0 Å². The second-order valence-corrected chi connectivity index (χ2v) is 9.34. The molecule has 0 radical (unpaired) electrons. The topological polar surface area (TPSA) is 107 Å². The minimum atomic E-state index is -3.27. The lowest BCUT2D eigenvalue weighted by Crippen LogP contribution is -2.53. The number of rotatable bonds is 3. The molecule has 4 amide bonds. The molecule has 3 rings (SSSR count). The Morgan fingerprint density at radius 1 is 1.04 bits per heavy atom. The molecule has 9 nitrogen and oxygen atoms in total. The molecule has 2 heterocycles. The van der Waals surface area contributed by atoms with Crippen LogP contribution in [0.1, 0.15) is 38.5 Å². The van der Waals surface area contributed by atoms with E-state index in [-0.39, 0.29) is 44.5 Å². The zero-order valence-corrected chi connectivity index (χ0v) is 15.9. The molecule has 3 fully saturated rings. The molecule has 2 saturated heterocycles. The number of amides is 4. The van der Waals surface area contributed by atoms with E-state index in [0.717, 1.165) is 36.8 Å². The van der Waals surface area contributed by atoms with Gasteiger partial charge in [0.2, 0.25) is 15.9 Å². The van der Waals surface area contributed by atoms with Gasteiger partial charge in [0.15, 0.2) is 0 Å². The summed E-state index contributed by atoms with van der Waals surface area (Å²) < 4.78 is 24.4. The van der Waals surface area contributed by atoms with Crippen LogP contribution in [0.4, 0.5) is 4.79 Å². The minimum Gasteiger partial charge on any atom is -0.338 e. The molecule has 0 aromatic carbocycles. The Morgan fingerprint density at radius 2 is 1.62 bits per heavy atom. The maximum Gasteiger partial charge on any atom is 0.325 e. The van der Waals surface area contributed by atoms with Gasteiger partial charge in [0.05, 0.1) is 6.26 Å². The normalized spacial score (nSPS) is 24.7. The Balaban J connectivity index is 1.61. The van der Waals surface area contributed by atoms with Crippen LogP contribution >= 0.6 is 0 Å². The molecular formula is C16H26N4O5S. The predicted molar refractivity (Wildman–Crippen MR) is 93.7 cm³/mol. The number of hydrogen-bond donors (Lipinski definition) is 1. The van der Waals surface area contributed by atoms with Crippen LogP contribution in [0.25, 0.3) is 0 Å². The molecule has 3 aliphatic rings. The van der Waals surface area contributed by atoms with Crippen LogP contribution in [0.15, 0.2) is 0 Å². The van der Waals surface area contributed by atoms with E-state index >= 15 is 0 Å². The second kappa shape index (κ2) is 7.15. The first-order chi connectivity index (χ1) is 12.2. The third-order valence-electron chi connectivity index (χ3n) is 5.56. The molecule has 2 aliphatic heterocycles. The molecule has 26 heavy (non-hydrogen) atoms. The molecular weight excluding hydrogens is 360 g/mol. The third kappa shape index (κ3) is 3.71. The summed E-state index contributed by atoms with van der Waals surface area (Å²) in [6, 6.07) is -0.500. The summed E-state index contributed by atoms with van der Waals surface area (Å²) in [6.45, 7) is 0.704. The Morgan fingerprint density at radius 3 is 2.15 bits per heavy atom. The molecule has 146 valence electrons. The third-order valence-corrected chi connectivity index (χ3v) is 6.86. The zero-order valence-electron chi connectivity index (χ0n) is 15.1. The molecule has 0 bridgehead atoms. The molecule has 1 saturated carbocycles. The lowest BCUT2D eigenvalue weighted by Gasteiger charge is -2.34. The average molecular weight is 386 g/mol. The van der Waals surface area contributed by atoms with E-state index < -0.39 is 21.6 Å². The lowest BCUT2D eigenvalue weighted by molar-refractivity contribution is -0.139. The zero-order chi connectivity index (χ0) is 18.9. The molecule has 0 unspecified atom stereocenters. The summed E-state index contributed by atoms with van der Waals surface area (Å²) in [5.41, 5.74) is -0.844. The van der Waals surface area contributed by atoms with Crippen LogP contribution in [-0.2, 0) is 19.6 Å². The van der Waals surface area contributed by atoms with Gasteiger partial charge in [-0.3, -0.25) is 14.5 Å². The number of carbonyl (C=O) groups excluding carboxylic acids is 3. The van der Waals surface area contributed by atoms with Crippen molar-refractivity contribution in [2.45, 2.75) is 44.1 Å². The van der Waals surface area contributed by atoms with Gasteiger partial charge in [-0.25, -0.2) is 13.2 Å². The van der Waals surface area contributed by atoms with Crippen LogP contribution in [0.5, 0.6) is 0 Å². The largest absolute Gasteiger partial charge is 0.338 e. The van der Waals surface area contributed by atoms with Gasteiger partial charge in [0.1, 0.15) is 12.1 Å². The van der Waals surface area contributed by atoms with Crippen molar-refractivity contribution < 1.29 is 22.8 Å². The summed E-state index contributed by atoms with van der Waals surface area (Å²) in [5, 5.41) is 2.82. The van der Waals surface area contributed by atoms with E-state index in [1.807, 2.05) is 0 Å². The molecule has 0 aromatic heterocycles. The van der Waals surface area contributed by atoms with Crippen molar-refractivity contribution in [2.24, 2.45) is 0 Å². The van der Waals surface area contributed by atoms with Crippen LogP contribution < -0.4 is 5.32 Å². The van der Waals surface area contributed by atoms with E-state index in [0.29, 0.717) is 12.8 Å². The van der Waals surface area contributed by atoms with Gasteiger partial charge >= 0.3 is 6.03 Å². The smallest absolute Gasteiger partial charge is 0.325 e. The number of nitrogens with zero attached hydrogens (tertiary/aromatic N) is 3. The standard InChI is InChI=1S/C16H26N4O5S/c1-26(24,25)19-10-8-18(9-11-19)13(21)12-20-14(22)16(17-15(20)23)6-4-2-3-5-7-16/h2-12H2,1H3,(H,17,23). The summed E-state index contributed by atoms with van der Waals surface area (Å²) in [4.78, 5) is 40.2. The lowest BCUT2D eigenvalue weighted by atomic mass is 9.90. The van der Waals surface area contributed by atoms with Crippen molar-refractivity contribution in [3.8, 4) is 0 Å². The van der Waals surface area contributed by atoms with Crippen molar-refractivity contribution in [1.29, 1.82) is 0 Å². The Labute approximate surface area is 153 Å². The van der Waals surface area contributed by atoms with Crippen LogP contribution in [0.2, 0.25) is 0 Å². The first-order valence-corrected chi connectivity index (χ1v) is 10.9. The van der Waals surface area contributed by atoms with Gasteiger partial charge in [0, 0.05) is 26.2 Å². The van der Waals surface area contributed by atoms with Crippen molar-refractivity contribution in [1.82, 2.24) is 19.4 Å². The highest BCUT2D eigenvalue weighted by atomic mass is 32.2. The fourth-order valence-electron chi connectivity index (χ4n) is 4.00. The van der Waals surface area contributed by atoms with Crippen molar-refractivity contribution in [3.63, 3.8) is 0 Å². The predicted octanol–water partition coefficient (Wildman–Crippen LogP) is -0.265. The quantitative estimate of drug-likeness (QED) is 0.672. The molecule has 1 spiro atoms. The van der Waals surface area contributed by atoms with E-state index in [9.17, 15) is 22.8 Å². The Kier molecular flexibility index (Phi) is 5.25. The van der Waals surface area contributed by atoms with Gasteiger partial charge in [-0.05, 0) is 12.8 Å². The fraction of sp³-hybridized carbons (Fsp3) is 0.812. The average Bonchev–Trinajstić information content (AvgIpc) is 2.75. The van der Waals surface area contributed by atoms with Crippen LogP contribution in [0, 0.1) is 0 Å². The maximum atomic E-state index is 12.8. The number of hydrogen-bond acceptors (Lipinski definition) is 5. The van der Waals surface area contributed by atoms with Gasteiger partial charge in [-0.1, -0.05) is 25.7 Å². The highest BCUT2D eigenvalue weighted by Crippen LogP contribution is 2.32. The molecule has 1 aliphatic carbocycles. The number of nitrogens with one attached hydrogen (secondary N) is 1. The maximum absolute atomic E-state index is 12.8. The SMILES string of the molecule is CS(=O)(=O)N1CCN(C(=O)CN2C(=O)NC3(CCCCCC3)C2=O)CC1. The van der Waals surface area contributed by atoms with Gasteiger partial charge in [-0.2, -0.15) is 4.31 Å². The summed E-state index contributed by atoms with van der Waals surface area (Å²) >= 11 is 0. The van der Waals surface area contributed by atoms with Crippen LogP contribution in [-0.4, -0.2) is 84.9 Å². The molecule has 10 heteroatoms. The number of carbonyl (C=O) groups is 3. The first kappa shape index (κ1) is 19.1. The minimum absolute atomic E-state index is 0.231. The van der Waals surface area contributed by atoms with E-state index in [2.05, 4.69) is 5.32 Å². The van der Waals surface area contributed by atoms with E-state index in [1.165, 1.54) is 9.21 Å². The Bertz CT molecular complexity index is 691. The number of sulfonamides is 1. The monoisotopic (exact) mass is 386 g/mol.